The number of rotatable bonds is 4. The van der Waals surface area contributed by atoms with E-state index in [-0.39, 0.29) is 0 Å². The zero-order chi connectivity index (χ0) is 16.2. The fraction of sp³-hybridized carbons (Fsp3) is 0.611. The third-order valence-corrected chi connectivity index (χ3v) is 5.22. The minimum absolute atomic E-state index is 0.314. The van der Waals surface area contributed by atoms with Crippen LogP contribution in [0.4, 0.5) is 5.82 Å². The van der Waals surface area contributed by atoms with Gasteiger partial charge in [0.2, 0.25) is 5.88 Å². The Labute approximate surface area is 142 Å². The van der Waals surface area contributed by atoms with Crippen LogP contribution in [0.1, 0.15) is 56.6 Å². The number of aromatic amines is 1. The van der Waals surface area contributed by atoms with Crippen LogP contribution < -0.4 is 9.64 Å². The number of aromatic nitrogens is 4. The molecule has 2 fully saturated rings. The highest BCUT2D eigenvalue weighted by molar-refractivity contribution is 5.38. The lowest BCUT2D eigenvalue weighted by Gasteiger charge is -2.32. The summed E-state index contributed by atoms with van der Waals surface area (Å²) in [4.78, 5) is 11.4. The second kappa shape index (κ2) is 7.20. The minimum Gasteiger partial charge on any atom is -0.473 e. The van der Waals surface area contributed by atoms with Gasteiger partial charge in [0.05, 0.1) is 12.4 Å². The third-order valence-electron chi connectivity index (χ3n) is 5.22. The fourth-order valence-electron chi connectivity index (χ4n) is 3.81. The number of nitrogens with one attached hydrogen (secondary N) is 1. The van der Waals surface area contributed by atoms with Crippen LogP contribution in [-0.4, -0.2) is 39.4 Å². The lowest BCUT2D eigenvalue weighted by Crippen LogP contribution is -2.33. The summed E-state index contributed by atoms with van der Waals surface area (Å²) in [5.41, 5.74) is 1.25. The van der Waals surface area contributed by atoms with Crippen LogP contribution in [-0.2, 0) is 0 Å². The van der Waals surface area contributed by atoms with Gasteiger partial charge in [-0.05, 0) is 44.6 Å². The van der Waals surface area contributed by atoms with Gasteiger partial charge in [0.1, 0.15) is 6.10 Å². The third kappa shape index (κ3) is 3.52. The zero-order valence-electron chi connectivity index (χ0n) is 14.0. The molecule has 1 aliphatic heterocycles. The Kier molecular flexibility index (Phi) is 4.62. The SMILES string of the molecule is c1cc(C2CCN(c3cncc(OC4CCCCC4)n3)CC2)[nH]n1. The molecular weight excluding hydrogens is 302 g/mol. The summed E-state index contributed by atoms with van der Waals surface area (Å²) >= 11 is 0. The highest BCUT2D eigenvalue weighted by Crippen LogP contribution is 2.29. The maximum absolute atomic E-state index is 6.05. The normalized spacial score (nSPS) is 20.2. The van der Waals surface area contributed by atoms with Crippen LogP contribution in [0.2, 0.25) is 0 Å². The van der Waals surface area contributed by atoms with Crippen molar-refractivity contribution in [2.24, 2.45) is 0 Å². The Balaban J connectivity index is 1.37. The molecule has 2 aromatic heterocycles. The molecule has 2 aliphatic rings. The largest absolute Gasteiger partial charge is 0.473 e. The molecule has 0 unspecified atom stereocenters. The van der Waals surface area contributed by atoms with Crippen molar-refractivity contribution in [3.8, 4) is 5.88 Å². The Morgan fingerprint density at radius 2 is 1.88 bits per heavy atom. The first-order valence-corrected chi connectivity index (χ1v) is 9.11. The van der Waals surface area contributed by atoms with Gasteiger partial charge in [-0.3, -0.25) is 10.1 Å². The van der Waals surface area contributed by atoms with E-state index in [0.29, 0.717) is 17.9 Å². The second-order valence-corrected chi connectivity index (χ2v) is 6.87. The van der Waals surface area contributed by atoms with Crippen molar-refractivity contribution >= 4 is 5.82 Å². The molecule has 0 atom stereocenters. The van der Waals surface area contributed by atoms with Crippen LogP contribution in [0.5, 0.6) is 5.88 Å². The molecule has 1 N–H and O–H groups in total. The van der Waals surface area contributed by atoms with Gasteiger partial charge in [0.25, 0.3) is 0 Å². The van der Waals surface area contributed by atoms with Crippen LogP contribution in [0.15, 0.2) is 24.7 Å². The molecular formula is C18H25N5O. The van der Waals surface area contributed by atoms with Gasteiger partial charge < -0.3 is 9.64 Å². The fourth-order valence-corrected chi connectivity index (χ4v) is 3.81. The number of ether oxygens (including phenoxy) is 1. The Morgan fingerprint density at radius 1 is 1.04 bits per heavy atom. The van der Waals surface area contributed by atoms with Crippen LogP contribution in [0, 0.1) is 0 Å². The van der Waals surface area contributed by atoms with Crippen molar-refractivity contribution < 1.29 is 4.74 Å². The average molecular weight is 327 g/mol. The zero-order valence-corrected chi connectivity index (χ0v) is 14.0. The number of piperidine rings is 1. The van der Waals surface area contributed by atoms with Crippen LogP contribution in [0.25, 0.3) is 0 Å². The molecule has 128 valence electrons. The summed E-state index contributed by atoms with van der Waals surface area (Å²) in [6, 6.07) is 2.08. The summed E-state index contributed by atoms with van der Waals surface area (Å²) in [5, 5.41) is 7.16. The smallest absolute Gasteiger partial charge is 0.234 e. The number of anilines is 1. The predicted molar refractivity (Wildman–Crippen MR) is 92.3 cm³/mol. The molecule has 0 aromatic carbocycles. The first-order chi connectivity index (χ1) is 11.9. The number of hydrogen-bond acceptors (Lipinski definition) is 5. The summed E-state index contributed by atoms with van der Waals surface area (Å²) < 4.78 is 6.05. The lowest BCUT2D eigenvalue weighted by molar-refractivity contribution is 0.148. The Morgan fingerprint density at radius 3 is 2.62 bits per heavy atom. The molecule has 1 saturated heterocycles. The highest BCUT2D eigenvalue weighted by Gasteiger charge is 2.23. The van der Waals surface area contributed by atoms with Crippen molar-refractivity contribution in [3.63, 3.8) is 0 Å². The van der Waals surface area contributed by atoms with E-state index in [9.17, 15) is 0 Å². The van der Waals surface area contributed by atoms with Crippen molar-refractivity contribution in [3.05, 3.63) is 30.4 Å². The van der Waals surface area contributed by atoms with Gasteiger partial charge in [0, 0.05) is 30.9 Å². The van der Waals surface area contributed by atoms with E-state index in [4.69, 9.17) is 9.72 Å². The van der Waals surface area contributed by atoms with Crippen LogP contribution in [0.3, 0.4) is 0 Å². The molecule has 24 heavy (non-hydrogen) atoms. The molecule has 0 bridgehead atoms. The van der Waals surface area contributed by atoms with Crippen molar-refractivity contribution in [1.29, 1.82) is 0 Å². The van der Waals surface area contributed by atoms with Gasteiger partial charge >= 0.3 is 0 Å². The molecule has 4 rings (SSSR count). The standard InChI is InChI=1S/C18H25N5O/c1-2-4-15(5-3-1)24-18-13-19-12-17(21-18)23-10-7-14(8-11-23)16-6-9-20-22-16/h6,9,12-15H,1-5,7-8,10-11H2,(H,20,22). The molecule has 1 saturated carbocycles. The molecule has 6 heteroatoms. The molecule has 1 aliphatic carbocycles. The summed E-state index contributed by atoms with van der Waals surface area (Å²) in [6.45, 7) is 1.98. The maximum atomic E-state index is 6.05. The maximum Gasteiger partial charge on any atom is 0.234 e. The van der Waals surface area contributed by atoms with Gasteiger partial charge in [-0.2, -0.15) is 10.1 Å². The lowest BCUT2D eigenvalue weighted by atomic mass is 9.94. The first-order valence-electron chi connectivity index (χ1n) is 9.11. The van der Waals surface area contributed by atoms with Gasteiger partial charge in [-0.15, -0.1) is 0 Å². The number of H-pyrrole nitrogens is 1. The summed E-state index contributed by atoms with van der Waals surface area (Å²) in [5.74, 6) is 2.18. The summed E-state index contributed by atoms with van der Waals surface area (Å²) in [7, 11) is 0. The van der Waals surface area contributed by atoms with Crippen molar-refractivity contribution in [2.75, 3.05) is 18.0 Å². The second-order valence-electron chi connectivity index (χ2n) is 6.87. The van der Waals surface area contributed by atoms with E-state index in [2.05, 4.69) is 26.1 Å². The number of nitrogens with zero attached hydrogens (tertiary/aromatic N) is 4. The van der Waals surface area contributed by atoms with E-state index >= 15 is 0 Å². The predicted octanol–water partition coefficient (Wildman–Crippen LogP) is 3.30. The first kappa shape index (κ1) is 15.4. The van der Waals surface area contributed by atoms with E-state index < -0.39 is 0 Å². The highest BCUT2D eigenvalue weighted by atomic mass is 16.5. The molecule has 3 heterocycles. The van der Waals surface area contributed by atoms with E-state index in [1.807, 2.05) is 12.4 Å². The van der Waals surface area contributed by atoms with Crippen molar-refractivity contribution in [1.82, 2.24) is 20.2 Å². The van der Waals surface area contributed by atoms with Crippen LogP contribution >= 0.6 is 0 Å². The topological polar surface area (TPSA) is 66.9 Å². The number of hydrogen-bond donors (Lipinski definition) is 1. The molecule has 0 spiro atoms. The molecule has 6 nitrogen and oxygen atoms in total. The molecule has 2 aromatic rings. The van der Waals surface area contributed by atoms with Gasteiger partial charge in [-0.1, -0.05) is 6.42 Å². The molecule has 0 amide bonds. The van der Waals surface area contributed by atoms with E-state index in [1.54, 1.807) is 6.20 Å². The van der Waals surface area contributed by atoms with E-state index in [1.165, 1.54) is 25.0 Å². The summed E-state index contributed by atoms with van der Waals surface area (Å²) in [6.07, 6.45) is 14.1. The minimum atomic E-state index is 0.314. The van der Waals surface area contributed by atoms with E-state index in [0.717, 1.165) is 44.6 Å². The quantitative estimate of drug-likeness (QED) is 0.933. The average Bonchev–Trinajstić information content (AvgIpc) is 3.18. The Hall–Kier alpha value is -2.11. The van der Waals surface area contributed by atoms with Crippen molar-refractivity contribution in [2.45, 2.75) is 57.0 Å². The monoisotopic (exact) mass is 327 g/mol. The molecule has 0 radical (unpaired) electrons. The van der Waals surface area contributed by atoms with Gasteiger partial charge in [0.15, 0.2) is 5.82 Å². The Bertz CT molecular complexity index is 631. The van der Waals surface area contributed by atoms with Gasteiger partial charge in [-0.25, -0.2) is 0 Å².